The van der Waals surface area contributed by atoms with Crippen LogP contribution in [0.1, 0.15) is 18.1 Å². The molecule has 0 amide bonds. The van der Waals surface area contributed by atoms with Gasteiger partial charge in [0.2, 0.25) is 0 Å². The predicted octanol–water partition coefficient (Wildman–Crippen LogP) is 6.57. The summed E-state index contributed by atoms with van der Waals surface area (Å²) in [6, 6.07) is 30.4. The van der Waals surface area contributed by atoms with Crippen molar-refractivity contribution in [1.82, 2.24) is 0 Å². The highest BCUT2D eigenvalue weighted by molar-refractivity contribution is 5.85. The van der Waals surface area contributed by atoms with Gasteiger partial charge in [-0.2, -0.15) is 0 Å². The monoisotopic (exact) mass is 381 g/mol. The lowest BCUT2D eigenvalue weighted by molar-refractivity contribution is 0.270. The molecule has 4 aromatic rings. The lowest BCUT2D eigenvalue weighted by atomic mass is 10.1. The van der Waals surface area contributed by atoms with Gasteiger partial charge in [0.05, 0.1) is 12.3 Å². The number of nitrogens with zero attached hydrogens (tertiary/aromatic N) is 1. The van der Waals surface area contributed by atoms with Crippen LogP contribution in [0.15, 0.2) is 96.0 Å². The second-order valence-corrected chi connectivity index (χ2v) is 6.66. The van der Waals surface area contributed by atoms with E-state index in [1.54, 1.807) is 0 Å². The van der Waals surface area contributed by atoms with Gasteiger partial charge < -0.3 is 9.47 Å². The molecule has 0 aromatic heterocycles. The molecule has 3 nitrogen and oxygen atoms in total. The Hall–Kier alpha value is -3.59. The van der Waals surface area contributed by atoms with Gasteiger partial charge in [0.25, 0.3) is 0 Å². The number of fused-ring (bicyclic) bond motifs is 1. The van der Waals surface area contributed by atoms with Gasteiger partial charge in [0, 0.05) is 6.21 Å². The normalized spacial score (nSPS) is 11.1. The molecular weight excluding hydrogens is 358 g/mol. The van der Waals surface area contributed by atoms with Gasteiger partial charge >= 0.3 is 0 Å². The third kappa shape index (κ3) is 4.64. The fraction of sp³-hybridized carbons (Fsp3) is 0.115. The third-order valence-corrected chi connectivity index (χ3v) is 4.65. The van der Waals surface area contributed by atoms with E-state index in [0.717, 1.165) is 28.3 Å². The van der Waals surface area contributed by atoms with E-state index >= 15 is 0 Å². The molecule has 0 aliphatic rings. The van der Waals surface area contributed by atoms with Gasteiger partial charge in [-0.25, -0.2) is 0 Å². The maximum absolute atomic E-state index is 6.13. The van der Waals surface area contributed by atoms with E-state index in [0.29, 0.717) is 13.2 Å². The number of ether oxygens (including phenoxy) is 2. The van der Waals surface area contributed by atoms with Gasteiger partial charge in [0.15, 0.2) is 11.5 Å². The van der Waals surface area contributed by atoms with Gasteiger partial charge in [-0.15, -0.1) is 0 Å². The molecule has 0 saturated carbocycles. The van der Waals surface area contributed by atoms with Crippen molar-refractivity contribution < 1.29 is 9.47 Å². The molecule has 0 atom stereocenters. The van der Waals surface area contributed by atoms with Crippen LogP contribution in [0.3, 0.4) is 0 Å². The zero-order chi connectivity index (χ0) is 19.9. The fourth-order valence-corrected chi connectivity index (χ4v) is 3.23. The maximum Gasteiger partial charge on any atom is 0.161 e. The van der Waals surface area contributed by atoms with Crippen molar-refractivity contribution >= 4 is 22.7 Å². The smallest absolute Gasteiger partial charge is 0.161 e. The van der Waals surface area contributed by atoms with Gasteiger partial charge in [0.1, 0.15) is 6.61 Å². The summed E-state index contributed by atoms with van der Waals surface area (Å²) in [5, 5.41) is 2.42. The quantitative estimate of drug-likeness (QED) is 0.339. The molecule has 0 radical (unpaired) electrons. The molecule has 0 saturated heterocycles. The maximum atomic E-state index is 6.13. The number of benzene rings is 4. The standard InChI is InChI=1S/C26H23NO2/c1-2-28-26-17-20(18-27-23-12-4-3-5-13-23)15-16-25(26)29-19-22-11-8-10-21-9-6-7-14-24(21)22/h3-18H,2,19H2,1H3. The molecular formula is C26H23NO2. The van der Waals surface area contributed by atoms with E-state index < -0.39 is 0 Å². The molecule has 0 N–H and O–H groups in total. The number of hydrogen-bond acceptors (Lipinski definition) is 3. The SMILES string of the molecule is CCOc1cc(C=Nc2ccccc2)ccc1OCc1cccc2ccccc12. The lowest BCUT2D eigenvalue weighted by Crippen LogP contribution is -2.01. The molecule has 4 aromatic carbocycles. The van der Waals surface area contributed by atoms with Crippen molar-refractivity contribution in [3.63, 3.8) is 0 Å². The van der Waals surface area contributed by atoms with E-state index in [9.17, 15) is 0 Å². The number of para-hydroxylation sites is 1. The second kappa shape index (κ2) is 9.07. The Bertz CT molecular complexity index is 1110. The average Bonchev–Trinajstić information content (AvgIpc) is 2.78. The summed E-state index contributed by atoms with van der Waals surface area (Å²) in [7, 11) is 0. The van der Waals surface area contributed by atoms with Crippen LogP contribution in [-0.4, -0.2) is 12.8 Å². The Labute approximate surface area is 171 Å². The van der Waals surface area contributed by atoms with Crippen LogP contribution in [0.2, 0.25) is 0 Å². The first kappa shape index (κ1) is 18.8. The Balaban J connectivity index is 1.54. The van der Waals surface area contributed by atoms with Crippen LogP contribution in [-0.2, 0) is 6.61 Å². The van der Waals surface area contributed by atoms with Crippen molar-refractivity contribution in [2.24, 2.45) is 4.99 Å². The van der Waals surface area contributed by atoms with Crippen LogP contribution < -0.4 is 9.47 Å². The first-order chi connectivity index (χ1) is 14.3. The number of aliphatic imine (C=N–C) groups is 1. The van der Waals surface area contributed by atoms with Crippen LogP contribution in [0.4, 0.5) is 5.69 Å². The van der Waals surface area contributed by atoms with Crippen LogP contribution in [0, 0.1) is 0 Å². The van der Waals surface area contributed by atoms with E-state index in [2.05, 4.69) is 47.5 Å². The summed E-state index contributed by atoms with van der Waals surface area (Å²) in [6.07, 6.45) is 1.84. The van der Waals surface area contributed by atoms with Crippen molar-refractivity contribution in [3.8, 4) is 11.5 Å². The van der Waals surface area contributed by atoms with Crippen molar-refractivity contribution in [1.29, 1.82) is 0 Å². The van der Waals surface area contributed by atoms with Crippen LogP contribution in [0.5, 0.6) is 11.5 Å². The fourth-order valence-electron chi connectivity index (χ4n) is 3.23. The van der Waals surface area contributed by atoms with Crippen LogP contribution >= 0.6 is 0 Å². The van der Waals surface area contributed by atoms with Crippen molar-refractivity contribution in [2.45, 2.75) is 13.5 Å². The first-order valence-electron chi connectivity index (χ1n) is 9.79. The molecule has 0 aliphatic carbocycles. The summed E-state index contributed by atoms with van der Waals surface area (Å²) >= 11 is 0. The highest BCUT2D eigenvalue weighted by Gasteiger charge is 2.08. The highest BCUT2D eigenvalue weighted by Crippen LogP contribution is 2.30. The zero-order valence-corrected chi connectivity index (χ0v) is 16.4. The summed E-state index contributed by atoms with van der Waals surface area (Å²) in [5.41, 5.74) is 3.04. The van der Waals surface area contributed by atoms with E-state index in [1.165, 1.54) is 10.8 Å². The molecule has 4 rings (SSSR count). The van der Waals surface area contributed by atoms with Gasteiger partial charge in [-0.3, -0.25) is 4.99 Å². The Morgan fingerprint density at radius 3 is 2.41 bits per heavy atom. The predicted molar refractivity (Wildman–Crippen MR) is 120 cm³/mol. The van der Waals surface area contributed by atoms with E-state index in [-0.39, 0.29) is 0 Å². The first-order valence-corrected chi connectivity index (χ1v) is 9.79. The Morgan fingerprint density at radius 1 is 0.759 bits per heavy atom. The molecule has 0 fully saturated rings. The van der Waals surface area contributed by atoms with E-state index in [1.807, 2.05) is 61.7 Å². The van der Waals surface area contributed by atoms with Crippen molar-refractivity contribution in [2.75, 3.05) is 6.61 Å². The minimum atomic E-state index is 0.485. The van der Waals surface area contributed by atoms with Crippen molar-refractivity contribution in [3.05, 3.63) is 102 Å². The topological polar surface area (TPSA) is 30.8 Å². The third-order valence-electron chi connectivity index (χ3n) is 4.65. The van der Waals surface area contributed by atoms with Gasteiger partial charge in [-0.05, 0) is 59.2 Å². The molecule has 144 valence electrons. The Morgan fingerprint density at radius 2 is 1.55 bits per heavy atom. The molecule has 3 heteroatoms. The number of hydrogen-bond donors (Lipinski definition) is 0. The number of rotatable bonds is 7. The molecule has 0 unspecified atom stereocenters. The van der Waals surface area contributed by atoms with Gasteiger partial charge in [-0.1, -0.05) is 60.7 Å². The molecule has 0 aliphatic heterocycles. The largest absolute Gasteiger partial charge is 0.490 e. The summed E-state index contributed by atoms with van der Waals surface area (Å²) < 4.78 is 12.0. The van der Waals surface area contributed by atoms with Crippen LogP contribution in [0.25, 0.3) is 10.8 Å². The lowest BCUT2D eigenvalue weighted by Gasteiger charge is -2.13. The molecule has 0 heterocycles. The summed E-state index contributed by atoms with van der Waals surface area (Å²) in [4.78, 5) is 4.51. The summed E-state index contributed by atoms with van der Waals surface area (Å²) in [5.74, 6) is 1.46. The Kier molecular flexibility index (Phi) is 5.87. The zero-order valence-electron chi connectivity index (χ0n) is 16.4. The molecule has 0 bridgehead atoms. The minimum Gasteiger partial charge on any atom is -0.490 e. The average molecular weight is 381 g/mol. The molecule has 0 spiro atoms. The van der Waals surface area contributed by atoms with E-state index in [4.69, 9.17) is 9.47 Å². The highest BCUT2D eigenvalue weighted by atomic mass is 16.5. The minimum absolute atomic E-state index is 0.485. The summed E-state index contributed by atoms with van der Waals surface area (Å²) in [6.45, 7) is 3.03. The molecule has 29 heavy (non-hydrogen) atoms. The second-order valence-electron chi connectivity index (χ2n) is 6.66.